The van der Waals surface area contributed by atoms with E-state index in [1.807, 2.05) is 6.92 Å². The molecular formula is C5H12N4. The van der Waals surface area contributed by atoms with Gasteiger partial charge in [0.05, 0.1) is 6.67 Å². The standard InChI is InChI=1S/C5H12N4/c1-5(2)9-8-4-7-3-6/h4,9H,1,3,6H2,2H3,(H,7,8). The highest BCUT2D eigenvalue weighted by Gasteiger charge is 1.73. The lowest BCUT2D eigenvalue weighted by molar-refractivity contribution is 0.777. The predicted molar refractivity (Wildman–Crippen MR) is 38.6 cm³/mol. The second kappa shape index (κ2) is 5.11. The Morgan fingerprint density at radius 2 is 2.56 bits per heavy atom. The monoisotopic (exact) mass is 128 g/mol. The fraction of sp³-hybridized carbons (Fsp3) is 0.400. The number of allylic oxidation sites excluding steroid dienone is 1. The summed E-state index contributed by atoms with van der Waals surface area (Å²) < 4.78 is 0. The van der Waals surface area contributed by atoms with Crippen LogP contribution in [0, 0.1) is 0 Å². The number of hydrogen-bond donors (Lipinski definition) is 3. The summed E-state index contributed by atoms with van der Waals surface area (Å²) in [7, 11) is 0. The Balaban J connectivity index is 3.09. The van der Waals surface area contributed by atoms with Crippen molar-refractivity contribution in [2.24, 2.45) is 10.7 Å². The molecule has 0 bridgehead atoms. The molecule has 0 unspecified atom stereocenters. The molecule has 0 aliphatic rings. The highest BCUT2D eigenvalue weighted by atomic mass is 15.4. The maximum atomic E-state index is 5.06. The molecule has 4 nitrogen and oxygen atoms in total. The summed E-state index contributed by atoms with van der Waals surface area (Å²) in [4.78, 5) is 3.68. The van der Waals surface area contributed by atoms with Gasteiger partial charge in [-0.3, -0.25) is 10.4 Å². The number of rotatable bonds is 4. The molecule has 0 fully saturated rings. The van der Waals surface area contributed by atoms with E-state index >= 15 is 0 Å². The van der Waals surface area contributed by atoms with Crippen molar-refractivity contribution < 1.29 is 0 Å². The summed E-state index contributed by atoms with van der Waals surface area (Å²) in [6.07, 6.45) is 1.48. The van der Waals surface area contributed by atoms with Crippen molar-refractivity contribution in [2.45, 2.75) is 6.92 Å². The lowest BCUT2D eigenvalue weighted by Crippen LogP contribution is -2.28. The lowest BCUT2D eigenvalue weighted by Gasteiger charge is -2.00. The summed E-state index contributed by atoms with van der Waals surface area (Å²) >= 11 is 0. The van der Waals surface area contributed by atoms with Crippen LogP contribution in [0.5, 0.6) is 0 Å². The molecule has 0 aromatic heterocycles. The third kappa shape index (κ3) is 6.97. The summed E-state index contributed by atoms with van der Waals surface area (Å²) in [5, 5.41) is 0. The van der Waals surface area contributed by atoms with E-state index in [4.69, 9.17) is 5.73 Å². The number of nitrogens with zero attached hydrogens (tertiary/aromatic N) is 1. The molecule has 4 N–H and O–H groups in total. The van der Waals surface area contributed by atoms with Crippen LogP contribution in [0.3, 0.4) is 0 Å². The molecule has 0 saturated carbocycles. The minimum Gasteiger partial charge on any atom is -0.312 e. The topological polar surface area (TPSA) is 62.4 Å². The maximum Gasteiger partial charge on any atom is 0.102 e. The van der Waals surface area contributed by atoms with Gasteiger partial charge in [0.15, 0.2) is 0 Å². The largest absolute Gasteiger partial charge is 0.312 e. The van der Waals surface area contributed by atoms with Crippen LogP contribution in [0.25, 0.3) is 0 Å². The molecular weight excluding hydrogens is 116 g/mol. The molecule has 0 radical (unpaired) electrons. The molecule has 0 amide bonds. The van der Waals surface area contributed by atoms with Gasteiger partial charge < -0.3 is 11.2 Å². The average molecular weight is 128 g/mol. The first-order chi connectivity index (χ1) is 4.27. The number of nitrogens with one attached hydrogen (secondary N) is 2. The SMILES string of the molecule is C=C(C)NNC=NCN. The fourth-order valence-corrected chi connectivity index (χ4v) is 0.254. The lowest BCUT2D eigenvalue weighted by atomic mass is 10.6. The minimum atomic E-state index is 0.296. The third-order valence-electron chi connectivity index (χ3n) is 0.547. The van der Waals surface area contributed by atoms with Gasteiger partial charge in [0, 0.05) is 5.70 Å². The van der Waals surface area contributed by atoms with Crippen molar-refractivity contribution in [3.63, 3.8) is 0 Å². The van der Waals surface area contributed by atoms with E-state index in [0.29, 0.717) is 6.67 Å². The number of hydrazine groups is 1. The molecule has 9 heavy (non-hydrogen) atoms. The average Bonchev–Trinajstić information content (AvgIpc) is 1.80. The van der Waals surface area contributed by atoms with E-state index in [0.717, 1.165) is 5.70 Å². The van der Waals surface area contributed by atoms with E-state index in [9.17, 15) is 0 Å². The molecule has 0 aromatic carbocycles. The van der Waals surface area contributed by atoms with Crippen molar-refractivity contribution in [1.82, 2.24) is 10.9 Å². The Kier molecular flexibility index (Phi) is 4.53. The molecule has 0 rings (SSSR count). The summed E-state index contributed by atoms with van der Waals surface area (Å²) in [6.45, 7) is 5.72. The number of nitrogens with two attached hydrogens (primary N) is 1. The molecule has 0 saturated heterocycles. The van der Waals surface area contributed by atoms with E-state index in [-0.39, 0.29) is 0 Å². The Hall–Kier alpha value is -1.03. The van der Waals surface area contributed by atoms with Crippen molar-refractivity contribution in [2.75, 3.05) is 6.67 Å². The quantitative estimate of drug-likeness (QED) is 0.273. The van der Waals surface area contributed by atoms with Gasteiger partial charge in [-0.15, -0.1) is 0 Å². The number of hydrogen-bond acceptors (Lipinski definition) is 3. The third-order valence-corrected chi connectivity index (χ3v) is 0.547. The van der Waals surface area contributed by atoms with Crippen LogP contribution in [0.4, 0.5) is 0 Å². The Morgan fingerprint density at radius 1 is 1.89 bits per heavy atom. The van der Waals surface area contributed by atoms with Crippen LogP contribution in [0.2, 0.25) is 0 Å². The zero-order chi connectivity index (χ0) is 7.11. The van der Waals surface area contributed by atoms with E-state index < -0.39 is 0 Å². The minimum absolute atomic E-state index is 0.296. The Morgan fingerprint density at radius 3 is 3.00 bits per heavy atom. The van der Waals surface area contributed by atoms with E-state index in [1.165, 1.54) is 6.34 Å². The van der Waals surface area contributed by atoms with Crippen molar-refractivity contribution in [1.29, 1.82) is 0 Å². The second-order valence-electron chi connectivity index (χ2n) is 1.54. The van der Waals surface area contributed by atoms with Gasteiger partial charge >= 0.3 is 0 Å². The van der Waals surface area contributed by atoms with Gasteiger partial charge in [-0.05, 0) is 6.92 Å². The van der Waals surface area contributed by atoms with Crippen LogP contribution in [0.15, 0.2) is 17.3 Å². The first-order valence-corrected chi connectivity index (χ1v) is 2.62. The zero-order valence-electron chi connectivity index (χ0n) is 5.52. The predicted octanol–water partition coefficient (Wildman–Crippen LogP) is -0.441. The van der Waals surface area contributed by atoms with Gasteiger partial charge in [0.2, 0.25) is 0 Å². The highest BCUT2D eigenvalue weighted by molar-refractivity contribution is 5.53. The molecule has 52 valence electrons. The van der Waals surface area contributed by atoms with E-state index in [1.54, 1.807) is 0 Å². The highest BCUT2D eigenvalue weighted by Crippen LogP contribution is 1.69. The number of aliphatic imine (C=N–C) groups is 1. The first kappa shape index (κ1) is 7.97. The van der Waals surface area contributed by atoms with Crippen LogP contribution in [0.1, 0.15) is 6.92 Å². The molecule has 0 atom stereocenters. The molecule has 0 spiro atoms. The van der Waals surface area contributed by atoms with Crippen LogP contribution in [-0.2, 0) is 0 Å². The normalized spacial score (nSPS) is 9.56. The summed E-state index contributed by atoms with van der Waals surface area (Å²) in [6, 6.07) is 0. The second-order valence-corrected chi connectivity index (χ2v) is 1.54. The molecule has 0 aliphatic carbocycles. The van der Waals surface area contributed by atoms with Crippen molar-refractivity contribution in [3.05, 3.63) is 12.3 Å². The first-order valence-electron chi connectivity index (χ1n) is 2.62. The smallest absolute Gasteiger partial charge is 0.102 e. The Labute approximate surface area is 54.8 Å². The fourth-order valence-electron chi connectivity index (χ4n) is 0.254. The van der Waals surface area contributed by atoms with Gasteiger partial charge in [0.25, 0.3) is 0 Å². The van der Waals surface area contributed by atoms with Crippen LogP contribution in [-0.4, -0.2) is 13.0 Å². The molecule has 0 aliphatic heterocycles. The van der Waals surface area contributed by atoms with Gasteiger partial charge in [0.1, 0.15) is 6.34 Å². The summed E-state index contributed by atoms with van der Waals surface area (Å²) in [5.41, 5.74) is 11.3. The van der Waals surface area contributed by atoms with Crippen LogP contribution >= 0.6 is 0 Å². The summed E-state index contributed by atoms with van der Waals surface area (Å²) in [5.74, 6) is 0. The van der Waals surface area contributed by atoms with E-state index in [2.05, 4.69) is 22.4 Å². The van der Waals surface area contributed by atoms with Crippen molar-refractivity contribution >= 4 is 6.34 Å². The van der Waals surface area contributed by atoms with Crippen LogP contribution < -0.4 is 16.6 Å². The Bertz CT molecular complexity index is 108. The van der Waals surface area contributed by atoms with Gasteiger partial charge in [-0.25, -0.2) is 0 Å². The maximum absolute atomic E-state index is 5.06. The van der Waals surface area contributed by atoms with Gasteiger partial charge in [-0.2, -0.15) is 0 Å². The van der Waals surface area contributed by atoms with Crippen molar-refractivity contribution in [3.8, 4) is 0 Å². The zero-order valence-corrected chi connectivity index (χ0v) is 5.52. The molecule has 0 heterocycles. The van der Waals surface area contributed by atoms with Gasteiger partial charge in [-0.1, -0.05) is 6.58 Å². The molecule has 0 aromatic rings. The molecule has 4 heteroatoms.